The number of thiol groups is 1. The highest BCUT2D eigenvalue weighted by molar-refractivity contribution is 7.81. The van der Waals surface area contributed by atoms with E-state index in [1.54, 1.807) is 24.3 Å². The first-order valence-electron chi connectivity index (χ1n) is 4.69. The van der Waals surface area contributed by atoms with E-state index < -0.39 is 21.1 Å². The summed E-state index contributed by atoms with van der Waals surface area (Å²) in [6.45, 7) is 4.80. The van der Waals surface area contributed by atoms with Crippen LogP contribution in [-0.2, 0) is 30.1 Å². The maximum absolute atomic E-state index is 10.3. The van der Waals surface area contributed by atoms with E-state index in [2.05, 4.69) is 10.8 Å². The van der Waals surface area contributed by atoms with E-state index in [4.69, 9.17) is 14.8 Å². The van der Waals surface area contributed by atoms with Gasteiger partial charge in [-0.15, -0.1) is 0 Å². The summed E-state index contributed by atoms with van der Waals surface area (Å²) in [7, 11) is -6.70. The standard InChI is InChI=1S/C7H8O2S.C2H4O4S.CHNO/c1-6-2-4-7(5-3-6)10(8)9;1-2-6-7(3,4)5;2-1-3/h2-5,10H,1H3;2H,1H2,(H,3,4,5);2H. The van der Waals surface area contributed by atoms with E-state index in [0.29, 0.717) is 11.2 Å². The van der Waals surface area contributed by atoms with Crippen molar-refractivity contribution in [2.24, 2.45) is 0 Å². The summed E-state index contributed by atoms with van der Waals surface area (Å²) in [5, 5.41) is 5.40. The van der Waals surface area contributed by atoms with E-state index in [1.165, 1.54) is 0 Å². The van der Waals surface area contributed by atoms with Gasteiger partial charge >= 0.3 is 10.4 Å². The van der Waals surface area contributed by atoms with Crippen LogP contribution in [0.15, 0.2) is 42.0 Å². The second-order valence-electron chi connectivity index (χ2n) is 2.89. The molecule has 0 bridgehead atoms. The molecule has 0 aliphatic heterocycles. The Kier molecular flexibility index (Phi) is 11.1. The molecule has 0 saturated carbocycles. The molecule has 1 rings (SSSR count). The van der Waals surface area contributed by atoms with Gasteiger partial charge in [0.1, 0.15) is 6.26 Å². The van der Waals surface area contributed by atoms with Gasteiger partial charge in [-0.25, -0.2) is 18.6 Å². The zero-order chi connectivity index (χ0) is 16.2. The molecule has 10 heteroatoms. The molecule has 0 amide bonds. The van der Waals surface area contributed by atoms with Crippen LogP contribution in [0.2, 0.25) is 0 Å². The average Bonchev–Trinajstić information content (AvgIpc) is 2.29. The van der Waals surface area contributed by atoms with Crippen molar-refractivity contribution in [2.45, 2.75) is 11.8 Å². The number of benzene rings is 1. The fraction of sp³-hybridized carbons (Fsp3) is 0.100. The predicted molar refractivity (Wildman–Crippen MR) is 71.0 cm³/mol. The lowest BCUT2D eigenvalue weighted by Gasteiger charge is -1.90. The lowest BCUT2D eigenvalue weighted by atomic mass is 10.2. The van der Waals surface area contributed by atoms with E-state index in [1.807, 2.05) is 6.92 Å². The minimum atomic E-state index is -4.29. The Morgan fingerprint density at radius 1 is 1.35 bits per heavy atom. The van der Waals surface area contributed by atoms with Gasteiger partial charge in [0.05, 0.1) is 4.90 Å². The van der Waals surface area contributed by atoms with Crippen LogP contribution in [0, 0.1) is 12.3 Å². The zero-order valence-corrected chi connectivity index (χ0v) is 12.1. The van der Waals surface area contributed by atoms with Crippen molar-refractivity contribution in [1.82, 2.24) is 0 Å². The molecule has 0 heterocycles. The normalized spacial score (nSPS) is 9.15. The average molecular weight is 323 g/mol. The molecule has 1 aromatic rings. The molecular formula is C10H13NO7S2. The summed E-state index contributed by atoms with van der Waals surface area (Å²) >= 11 is 0. The topological polar surface area (TPSA) is 139 Å². The third-order valence-electron chi connectivity index (χ3n) is 1.43. The van der Waals surface area contributed by atoms with E-state index in [9.17, 15) is 16.8 Å². The number of isocyanates is 1. The second kappa shape index (κ2) is 10.9. The summed E-state index contributed by atoms with van der Waals surface area (Å²) in [5.74, 6) is 0. The third kappa shape index (κ3) is 14.1. The van der Waals surface area contributed by atoms with Crippen LogP contribution in [-0.4, -0.2) is 27.5 Å². The monoisotopic (exact) mass is 323 g/mol. The highest BCUT2D eigenvalue weighted by Gasteiger charge is 1.96. The molecule has 1 aromatic carbocycles. The smallest absolute Gasteiger partial charge is 0.370 e. The highest BCUT2D eigenvalue weighted by atomic mass is 32.3. The van der Waals surface area contributed by atoms with Crippen LogP contribution >= 0.6 is 0 Å². The molecule has 20 heavy (non-hydrogen) atoms. The lowest BCUT2D eigenvalue weighted by molar-refractivity contribution is 0.357. The highest BCUT2D eigenvalue weighted by Crippen LogP contribution is 2.02. The molecule has 0 fully saturated rings. The van der Waals surface area contributed by atoms with E-state index in [-0.39, 0.29) is 0 Å². The number of nitrogens with one attached hydrogen (secondary N) is 1. The van der Waals surface area contributed by atoms with Gasteiger partial charge in [-0.1, -0.05) is 24.3 Å². The molecule has 2 N–H and O–H groups in total. The summed E-state index contributed by atoms with van der Waals surface area (Å²) in [6, 6.07) is 6.75. The van der Waals surface area contributed by atoms with Crippen LogP contribution in [0.5, 0.6) is 0 Å². The first-order chi connectivity index (χ1) is 9.17. The van der Waals surface area contributed by atoms with Crippen molar-refractivity contribution in [3.05, 3.63) is 42.7 Å². The van der Waals surface area contributed by atoms with E-state index >= 15 is 0 Å². The maximum Gasteiger partial charge on any atom is 0.445 e. The van der Waals surface area contributed by atoms with Crippen molar-refractivity contribution in [1.29, 1.82) is 5.41 Å². The van der Waals surface area contributed by atoms with Gasteiger partial charge in [0.25, 0.3) is 0 Å². The van der Waals surface area contributed by atoms with Crippen molar-refractivity contribution >= 4 is 27.2 Å². The fourth-order valence-corrected chi connectivity index (χ4v) is 1.32. The molecule has 0 spiro atoms. The van der Waals surface area contributed by atoms with Gasteiger partial charge in [0.15, 0.2) is 10.7 Å². The van der Waals surface area contributed by atoms with Crippen LogP contribution < -0.4 is 0 Å². The molecular weight excluding hydrogens is 310 g/mol. The van der Waals surface area contributed by atoms with Crippen molar-refractivity contribution in [3.63, 3.8) is 0 Å². The fourth-order valence-electron chi connectivity index (χ4n) is 0.752. The first-order valence-corrected chi connectivity index (χ1v) is 7.23. The van der Waals surface area contributed by atoms with Crippen molar-refractivity contribution < 1.29 is 30.4 Å². The minimum absolute atomic E-state index is 0.376. The minimum Gasteiger partial charge on any atom is -0.370 e. The molecule has 112 valence electrons. The summed E-state index contributed by atoms with van der Waals surface area (Å²) in [5.41, 5.74) is 1.07. The van der Waals surface area contributed by atoms with Gasteiger partial charge in [0, 0.05) is 0 Å². The quantitative estimate of drug-likeness (QED) is 0.246. The van der Waals surface area contributed by atoms with Crippen LogP contribution in [0.4, 0.5) is 0 Å². The lowest BCUT2D eigenvalue weighted by Crippen LogP contribution is -1.96. The Bertz CT molecular complexity index is 604. The summed E-state index contributed by atoms with van der Waals surface area (Å²) in [6.07, 6.45) is 1.37. The van der Waals surface area contributed by atoms with Crippen molar-refractivity contribution in [3.8, 4) is 0 Å². The Balaban J connectivity index is 0. The molecule has 0 aliphatic carbocycles. The van der Waals surface area contributed by atoms with Gasteiger partial charge in [-0.2, -0.15) is 8.42 Å². The Labute approximate surface area is 118 Å². The van der Waals surface area contributed by atoms with Gasteiger partial charge < -0.3 is 4.18 Å². The Morgan fingerprint density at radius 3 is 1.95 bits per heavy atom. The molecule has 0 aliphatic rings. The third-order valence-corrected chi connectivity index (χ3v) is 2.53. The van der Waals surface area contributed by atoms with E-state index in [0.717, 1.165) is 11.6 Å². The predicted octanol–water partition coefficient (Wildman–Crippen LogP) is 0.816. The maximum atomic E-state index is 10.3. The van der Waals surface area contributed by atoms with Gasteiger partial charge in [-0.05, 0) is 19.1 Å². The van der Waals surface area contributed by atoms with Gasteiger partial charge in [-0.3, -0.25) is 4.55 Å². The number of hydrogen-bond donors (Lipinski definition) is 3. The summed E-state index contributed by atoms with van der Waals surface area (Å²) in [4.78, 5) is 8.72. The Hall–Kier alpha value is -2.00. The summed E-state index contributed by atoms with van der Waals surface area (Å²) < 4.78 is 50.9. The molecule has 0 unspecified atom stereocenters. The molecule has 0 aromatic heterocycles. The van der Waals surface area contributed by atoms with Crippen molar-refractivity contribution in [2.75, 3.05) is 0 Å². The molecule has 8 nitrogen and oxygen atoms in total. The molecule has 0 saturated heterocycles. The number of carbonyl (C=O) groups excluding carboxylic acids is 1. The number of hydrogen-bond acceptors (Lipinski definition) is 7. The number of rotatable bonds is 3. The molecule has 0 atom stereocenters. The first kappa shape index (κ1) is 20.3. The number of aryl methyl sites for hydroxylation is 1. The van der Waals surface area contributed by atoms with Gasteiger partial charge in [0.2, 0.25) is 6.08 Å². The molecule has 0 radical (unpaired) electrons. The Morgan fingerprint density at radius 2 is 1.75 bits per heavy atom. The SMILES string of the molecule is C=COS(=O)(=O)O.Cc1ccc([SH](=O)=O)cc1.N=C=O. The second-order valence-corrected chi connectivity index (χ2v) is 4.96. The van der Waals surface area contributed by atoms with Crippen LogP contribution in [0.1, 0.15) is 5.56 Å². The largest absolute Gasteiger partial charge is 0.445 e. The zero-order valence-electron chi connectivity index (χ0n) is 10.3. The van der Waals surface area contributed by atoms with Crippen LogP contribution in [0.25, 0.3) is 0 Å². The van der Waals surface area contributed by atoms with Crippen LogP contribution in [0.3, 0.4) is 0 Å².